The van der Waals surface area contributed by atoms with Crippen molar-refractivity contribution in [3.8, 4) is 17.2 Å². The zero-order valence-electron chi connectivity index (χ0n) is 22.5. The first-order chi connectivity index (χ1) is 19.8. The molecule has 0 aromatic heterocycles. The molecule has 0 aliphatic heterocycles. The molecule has 0 saturated carbocycles. The zero-order valence-corrected chi connectivity index (χ0v) is 22.5. The van der Waals surface area contributed by atoms with E-state index in [9.17, 15) is 34.2 Å². The van der Waals surface area contributed by atoms with Crippen LogP contribution in [-0.2, 0) is 30.4 Å². The second-order valence-corrected chi connectivity index (χ2v) is 9.33. The molecule has 0 aliphatic carbocycles. The standard InChI is InChI=1S/C27H33N3O12/c31-19-3-7-21(8-4-19)42-20-5-1-18(2-6-20)13-22(27(40)41)30(11-9-28(14-23(32)33)15-24(34)35)12-10-29(16-25(36)37)17-26(38)39/h1-8,22,31H,9-17H2,(H,32,33)(H,34,35)(H,36,37)(H,38,39)(H,40,41). The number of aromatic hydroxyl groups is 1. The molecule has 2 rings (SSSR count). The van der Waals surface area contributed by atoms with Gasteiger partial charge in [0.15, 0.2) is 0 Å². The average molecular weight is 592 g/mol. The van der Waals surface area contributed by atoms with E-state index in [4.69, 9.17) is 25.2 Å². The van der Waals surface area contributed by atoms with Crippen LogP contribution in [-0.4, -0.2) is 134 Å². The Bertz CT molecular complexity index is 1150. The third-order valence-electron chi connectivity index (χ3n) is 5.99. The van der Waals surface area contributed by atoms with Gasteiger partial charge < -0.3 is 35.4 Å². The highest BCUT2D eigenvalue weighted by molar-refractivity contribution is 5.74. The predicted octanol–water partition coefficient (Wildman–Crippen LogP) is 0.425. The normalized spacial score (nSPS) is 11.9. The molecular formula is C27H33N3O12. The van der Waals surface area contributed by atoms with E-state index in [0.29, 0.717) is 17.1 Å². The molecule has 15 heteroatoms. The molecule has 0 radical (unpaired) electrons. The lowest BCUT2D eigenvalue weighted by molar-refractivity contribution is -0.146. The van der Waals surface area contributed by atoms with Crippen LogP contribution in [0, 0.1) is 0 Å². The van der Waals surface area contributed by atoms with E-state index in [1.807, 2.05) is 0 Å². The van der Waals surface area contributed by atoms with Gasteiger partial charge in [-0.15, -0.1) is 0 Å². The molecule has 0 spiro atoms. The maximum Gasteiger partial charge on any atom is 0.321 e. The van der Waals surface area contributed by atoms with Gasteiger partial charge in [0, 0.05) is 26.2 Å². The number of carboxylic acid groups (broad SMARTS) is 5. The Labute approximate surface area is 240 Å². The minimum Gasteiger partial charge on any atom is -0.508 e. The molecule has 0 heterocycles. The van der Waals surface area contributed by atoms with Crippen LogP contribution >= 0.6 is 0 Å². The van der Waals surface area contributed by atoms with Gasteiger partial charge in [-0.1, -0.05) is 12.1 Å². The predicted molar refractivity (Wildman–Crippen MR) is 145 cm³/mol. The van der Waals surface area contributed by atoms with Gasteiger partial charge in [-0.2, -0.15) is 0 Å². The van der Waals surface area contributed by atoms with Crippen LogP contribution < -0.4 is 4.74 Å². The van der Waals surface area contributed by atoms with Crippen molar-refractivity contribution in [3.05, 3.63) is 54.1 Å². The Morgan fingerprint density at radius 2 is 0.976 bits per heavy atom. The van der Waals surface area contributed by atoms with E-state index in [1.54, 1.807) is 36.4 Å². The van der Waals surface area contributed by atoms with E-state index in [0.717, 1.165) is 9.80 Å². The Kier molecular flexibility index (Phi) is 13.2. The average Bonchev–Trinajstić information content (AvgIpc) is 2.88. The molecule has 42 heavy (non-hydrogen) atoms. The number of rotatable bonds is 20. The lowest BCUT2D eigenvalue weighted by atomic mass is 10.0. The lowest BCUT2D eigenvalue weighted by Crippen LogP contribution is -2.50. The van der Waals surface area contributed by atoms with Crippen LogP contribution in [0.2, 0.25) is 0 Å². The number of phenols is 1. The highest BCUT2D eigenvalue weighted by Crippen LogP contribution is 2.24. The molecule has 1 unspecified atom stereocenters. The largest absolute Gasteiger partial charge is 0.508 e. The first kappa shape index (κ1) is 33.5. The van der Waals surface area contributed by atoms with E-state index in [-0.39, 0.29) is 38.3 Å². The van der Waals surface area contributed by atoms with Gasteiger partial charge >= 0.3 is 29.8 Å². The summed E-state index contributed by atoms with van der Waals surface area (Å²) in [6, 6.07) is 11.4. The molecule has 2 aromatic carbocycles. The van der Waals surface area contributed by atoms with Gasteiger partial charge in [-0.05, 0) is 48.4 Å². The van der Waals surface area contributed by atoms with Gasteiger partial charge in [-0.3, -0.25) is 38.7 Å². The number of carboxylic acids is 5. The second kappa shape index (κ2) is 16.5. The van der Waals surface area contributed by atoms with Crippen LogP contribution in [0.4, 0.5) is 0 Å². The van der Waals surface area contributed by atoms with Crippen LogP contribution in [0.3, 0.4) is 0 Å². The summed E-state index contributed by atoms with van der Waals surface area (Å²) >= 11 is 0. The summed E-state index contributed by atoms with van der Waals surface area (Å²) in [5, 5.41) is 56.1. The third-order valence-corrected chi connectivity index (χ3v) is 5.99. The van der Waals surface area contributed by atoms with E-state index >= 15 is 0 Å². The summed E-state index contributed by atoms with van der Waals surface area (Å²) in [7, 11) is 0. The zero-order chi connectivity index (χ0) is 31.2. The molecule has 2 aromatic rings. The van der Waals surface area contributed by atoms with E-state index in [1.165, 1.54) is 17.0 Å². The fourth-order valence-corrected chi connectivity index (χ4v) is 4.10. The first-order valence-corrected chi connectivity index (χ1v) is 12.7. The molecule has 228 valence electrons. The molecule has 15 nitrogen and oxygen atoms in total. The van der Waals surface area contributed by atoms with Crippen LogP contribution in [0.5, 0.6) is 17.2 Å². The summed E-state index contributed by atoms with van der Waals surface area (Å²) in [5.74, 6) is -5.36. The van der Waals surface area contributed by atoms with Crippen molar-refractivity contribution in [3.63, 3.8) is 0 Å². The van der Waals surface area contributed by atoms with Gasteiger partial charge in [0.25, 0.3) is 0 Å². The summed E-state index contributed by atoms with van der Waals surface area (Å²) in [5.41, 5.74) is 0.589. The van der Waals surface area contributed by atoms with E-state index < -0.39 is 62.1 Å². The summed E-state index contributed by atoms with van der Waals surface area (Å²) in [6.45, 7) is -2.91. The monoisotopic (exact) mass is 591 g/mol. The Balaban J connectivity index is 2.25. The molecule has 6 N–H and O–H groups in total. The maximum atomic E-state index is 12.4. The van der Waals surface area contributed by atoms with Crippen LogP contribution in [0.25, 0.3) is 0 Å². The van der Waals surface area contributed by atoms with Crippen molar-refractivity contribution >= 4 is 29.8 Å². The maximum absolute atomic E-state index is 12.4. The van der Waals surface area contributed by atoms with Crippen molar-refractivity contribution in [2.75, 3.05) is 52.4 Å². The van der Waals surface area contributed by atoms with Crippen molar-refractivity contribution in [2.24, 2.45) is 0 Å². The van der Waals surface area contributed by atoms with Crippen LogP contribution in [0.1, 0.15) is 5.56 Å². The molecule has 0 amide bonds. The number of ether oxygens (including phenoxy) is 1. The van der Waals surface area contributed by atoms with Gasteiger partial charge in [-0.25, -0.2) is 0 Å². The fourth-order valence-electron chi connectivity index (χ4n) is 4.10. The van der Waals surface area contributed by atoms with Gasteiger partial charge in [0.1, 0.15) is 23.3 Å². The Hall–Kier alpha value is -4.73. The highest BCUT2D eigenvalue weighted by atomic mass is 16.5. The minimum absolute atomic E-state index is 0.0372. The Morgan fingerprint density at radius 1 is 0.595 bits per heavy atom. The molecule has 0 saturated heterocycles. The van der Waals surface area contributed by atoms with Crippen molar-refractivity contribution < 1.29 is 59.3 Å². The Morgan fingerprint density at radius 3 is 1.33 bits per heavy atom. The molecule has 0 aliphatic rings. The lowest BCUT2D eigenvalue weighted by Gasteiger charge is -2.32. The molecule has 1 atom stereocenters. The van der Waals surface area contributed by atoms with Crippen molar-refractivity contribution in [1.82, 2.24) is 14.7 Å². The topological polar surface area (TPSA) is 226 Å². The fraction of sp³-hybridized carbons (Fsp3) is 0.370. The molecule has 0 bridgehead atoms. The second-order valence-electron chi connectivity index (χ2n) is 9.33. The van der Waals surface area contributed by atoms with E-state index in [2.05, 4.69) is 0 Å². The number of carbonyl (C=O) groups is 5. The minimum atomic E-state index is -1.28. The van der Waals surface area contributed by atoms with Gasteiger partial charge in [0.2, 0.25) is 0 Å². The number of aliphatic carboxylic acids is 5. The molecular weight excluding hydrogens is 558 g/mol. The third kappa shape index (κ3) is 12.6. The first-order valence-electron chi connectivity index (χ1n) is 12.7. The van der Waals surface area contributed by atoms with Crippen LogP contribution in [0.15, 0.2) is 48.5 Å². The van der Waals surface area contributed by atoms with Crippen molar-refractivity contribution in [1.29, 1.82) is 0 Å². The number of phenolic OH excluding ortho intramolecular Hbond substituents is 1. The van der Waals surface area contributed by atoms with Gasteiger partial charge in [0.05, 0.1) is 26.2 Å². The summed E-state index contributed by atoms with van der Waals surface area (Å²) in [6.07, 6.45) is -0.0372. The quantitative estimate of drug-likeness (QED) is 0.123. The highest BCUT2D eigenvalue weighted by Gasteiger charge is 2.28. The molecule has 0 fully saturated rings. The summed E-state index contributed by atoms with van der Waals surface area (Å²) < 4.78 is 5.70. The smallest absolute Gasteiger partial charge is 0.321 e. The van der Waals surface area contributed by atoms with Crippen molar-refractivity contribution in [2.45, 2.75) is 12.5 Å². The number of nitrogens with zero attached hydrogens (tertiary/aromatic N) is 3. The summed E-state index contributed by atoms with van der Waals surface area (Å²) in [4.78, 5) is 60.9. The number of hydrogen-bond acceptors (Lipinski definition) is 10. The SMILES string of the molecule is O=C(O)CN(CCN(CCN(CC(=O)O)CC(=O)O)C(Cc1ccc(Oc2ccc(O)cc2)cc1)C(=O)O)CC(=O)O. The number of benzene rings is 2. The number of hydrogen-bond donors (Lipinski definition) is 6.